The van der Waals surface area contributed by atoms with Crippen molar-refractivity contribution in [2.75, 3.05) is 0 Å². The molecule has 144 valence electrons. The van der Waals surface area contributed by atoms with E-state index in [0.717, 1.165) is 18.5 Å². The van der Waals surface area contributed by atoms with Crippen LogP contribution in [0.1, 0.15) is 89.5 Å². The van der Waals surface area contributed by atoms with Crippen molar-refractivity contribution in [2.45, 2.75) is 102 Å². The standard InChI is InChI=1S/C22H38Cl2Si/c1-2-3-4-5-6-7-8-9-10-11-12-16-20-25(23,24)21-19-22-17-14-13-15-18-22/h13-15,17-18H,2-12,16,19-21H2,1H3. The molecular weight excluding hydrogens is 363 g/mol. The van der Waals surface area contributed by atoms with Crippen molar-refractivity contribution in [3.05, 3.63) is 35.9 Å². The normalized spacial score (nSPS) is 11.8. The molecular formula is C22H38Cl2Si. The van der Waals surface area contributed by atoms with E-state index in [1.807, 2.05) is 0 Å². The maximum absolute atomic E-state index is 6.62. The molecule has 0 nitrogen and oxygen atoms in total. The Balaban J connectivity index is 1.91. The van der Waals surface area contributed by atoms with E-state index < -0.39 is 6.69 Å². The summed E-state index contributed by atoms with van der Waals surface area (Å²) in [6.45, 7) is 0.243. The van der Waals surface area contributed by atoms with Crippen LogP contribution in [0.15, 0.2) is 30.3 Å². The van der Waals surface area contributed by atoms with E-state index in [2.05, 4.69) is 37.3 Å². The summed E-state index contributed by atoms with van der Waals surface area (Å²) >= 11 is 13.2. The second-order valence-electron chi connectivity index (χ2n) is 7.48. The fraction of sp³-hybridized carbons (Fsp3) is 0.727. The summed E-state index contributed by atoms with van der Waals surface area (Å²) in [7, 11) is 0. The largest absolute Gasteiger partial charge is 0.251 e. The number of benzene rings is 1. The van der Waals surface area contributed by atoms with Gasteiger partial charge >= 0.3 is 0 Å². The van der Waals surface area contributed by atoms with Gasteiger partial charge in [-0.05, 0) is 24.1 Å². The van der Waals surface area contributed by atoms with E-state index in [1.54, 1.807) is 0 Å². The topological polar surface area (TPSA) is 0 Å². The maximum Gasteiger partial charge on any atom is 0.251 e. The molecule has 0 aromatic heterocycles. The molecule has 0 N–H and O–H groups in total. The molecule has 0 unspecified atom stereocenters. The van der Waals surface area contributed by atoms with Crippen molar-refractivity contribution in [3.8, 4) is 0 Å². The van der Waals surface area contributed by atoms with Gasteiger partial charge in [-0.3, -0.25) is 0 Å². The van der Waals surface area contributed by atoms with Crippen LogP contribution in [0.3, 0.4) is 0 Å². The summed E-state index contributed by atoms with van der Waals surface area (Å²) in [5, 5.41) is 0. The van der Waals surface area contributed by atoms with E-state index in [9.17, 15) is 0 Å². The predicted molar refractivity (Wildman–Crippen MR) is 118 cm³/mol. The maximum atomic E-state index is 6.62. The van der Waals surface area contributed by atoms with Gasteiger partial charge in [-0.2, -0.15) is 0 Å². The van der Waals surface area contributed by atoms with Crippen LogP contribution in [-0.2, 0) is 6.42 Å². The van der Waals surface area contributed by atoms with Crippen LogP contribution in [0.2, 0.25) is 12.1 Å². The van der Waals surface area contributed by atoms with Crippen LogP contribution in [-0.4, -0.2) is 6.69 Å². The highest BCUT2D eigenvalue weighted by Crippen LogP contribution is 2.30. The lowest BCUT2D eigenvalue weighted by Crippen LogP contribution is -2.19. The lowest BCUT2D eigenvalue weighted by Gasteiger charge is -2.16. The molecule has 0 spiro atoms. The van der Waals surface area contributed by atoms with Crippen molar-refractivity contribution >= 4 is 28.9 Å². The average molecular weight is 402 g/mol. The summed E-state index contributed by atoms with van der Waals surface area (Å²) in [6, 6.07) is 12.6. The third-order valence-electron chi connectivity index (χ3n) is 5.02. The predicted octanol–water partition coefficient (Wildman–Crippen LogP) is 8.85. The molecule has 1 aromatic carbocycles. The van der Waals surface area contributed by atoms with Gasteiger partial charge < -0.3 is 0 Å². The second kappa shape index (κ2) is 15.1. The first-order valence-corrected chi connectivity index (χ1v) is 15.0. The van der Waals surface area contributed by atoms with Gasteiger partial charge in [0, 0.05) is 0 Å². The Morgan fingerprint density at radius 3 is 1.64 bits per heavy atom. The Bertz CT molecular complexity index is 406. The quantitative estimate of drug-likeness (QED) is 0.147. The van der Waals surface area contributed by atoms with Gasteiger partial charge in [0.05, 0.1) is 0 Å². The monoisotopic (exact) mass is 400 g/mol. The summed E-state index contributed by atoms with van der Waals surface area (Å²) < 4.78 is 0. The van der Waals surface area contributed by atoms with Gasteiger partial charge in [0.1, 0.15) is 0 Å². The van der Waals surface area contributed by atoms with E-state index >= 15 is 0 Å². The Labute approximate surface area is 167 Å². The molecule has 1 rings (SSSR count). The van der Waals surface area contributed by atoms with Gasteiger partial charge in [0.15, 0.2) is 0 Å². The van der Waals surface area contributed by atoms with Crippen molar-refractivity contribution in [2.24, 2.45) is 0 Å². The Kier molecular flexibility index (Phi) is 13.9. The van der Waals surface area contributed by atoms with Crippen LogP contribution in [0.4, 0.5) is 0 Å². The third-order valence-corrected chi connectivity index (χ3v) is 9.35. The van der Waals surface area contributed by atoms with E-state index in [1.165, 1.54) is 82.6 Å². The first kappa shape index (κ1) is 23.1. The van der Waals surface area contributed by atoms with Crippen LogP contribution >= 0.6 is 22.2 Å². The minimum atomic E-state index is -2.04. The Morgan fingerprint density at radius 1 is 0.640 bits per heavy atom. The number of hydrogen-bond donors (Lipinski definition) is 0. The molecule has 3 heteroatoms. The number of halogens is 2. The van der Waals surface area contributed by atoms with Crippen LogP contribution in [0.5, 0.6) is 0 Å². The van der Waals surface area contributed by atoms with Crippen LogP contribution < -0.4 is 0 Å². The third kappa shape index (κ3) is 13.8. The minimum Gasteiger partial charge on any atom is -0.146 e. The zero-order chi connectivity index (χ0) is 18.2. The molecule has 0 aliphatic heterocycles. The highest BCUT2D eigenvalue weighted by molar-refractivity contribution is 7.45. The number of rotatable bonds is 16. The van der Waals surface area contributed by atoms with Crippen LogP contribution in [0.25, 0.3) is 0 Å². The van der Waals surface area contributed by atoms with Crippen molar-refractivity contribution < 1.29 is 0 Å². The molecule has 0 aliphatic carbocycles. The lowest BCUT2D eigenvalue weighted by atomic mass is 10.1. The van der Waals surface area contributed by atoms with Gasteiger partial charge in [-0.25, -0.2) is 0 Å². The molecule has 1 aromatic rings. The number of hydrogen-bond acceptors (Lipinski definition) is 0. The molecule has 0 radical (unpaired) electrons. The van der Waals surface area contributed by atoms with E-state index in [-0.39, 0.29) is 0 Å². The molecule has 0 bridgehead atoms. The van der Waals surface area contributed by atoms with E-state index in [0.29, 0.717) is 0 Å². The van der Waals surface area contributed by atoms with Gasteiger partial charge in [-0.15, -0.1) is 22.2 Å². The zero-order valence-electron chi connectivity index (χ0n) is 16.2. The summed E-state index contributed by atoms with van der Waals surface area (Å²) in [5.74, 6) is 0. The fourth-order valence-electron chi connectivity index (χ4n) is 3.32. The second-order valence-corrected chi connectivity index (χ2v) is 15.1. The molecule has 25 heavy (non-hydrogen) atoms. The highest BCUT2D eigenvalue weighted by Gasteiger charge is 2.27. The molecule has 0 fully saturated rings. The summed E-state index contributed by atoms with van der Waals surface area (Å²) in [5.41, 5.74) is 1.36. The Hall–Kier alpha value is 0.0169. The minimum absolute atomic E-state index is 0.984. The summed E-state index contributed by atoms with van der Waals surface area (Å²) in [4.78, 5) is 0. The summed E-state index contributed by atoms with van der Waals surface area (Å²) in [6.07, 6.45) is 17.6. The molecule has 0 atom stereocenters. The highest BCUT2D eigenvalue weighted by atomic mass is 35.7. The van der Waals surface area contributed by atoms with Crippen molar-refractivity contribution in [3.63, 3.8) is 0 Å². The average Bonchev–Trinajstić information content (AvgIpc) is 2.62. The van der Waals surface area contributed by atoms with Gasteiger partial charge in [-0.1, -0.05) is 114 Å². The van der Waals surface area contributed by atoms with Crippen molar-refractivity contribution in [1.29, 1.82) is 0 Å². The fourth-order valence-corrected chi connectivity index (χ4v) is 6.36. The zero-order valence-corrected chi connectivity index (χ0v) is 18.8. The SMILES string of the molecule is CCCCCCCCCCCCCC[Si](Cl)(Cl)CCc1ccccc1. The van der Waals surface area contributed by atoms with Gasteiger partial charge in [0.25, 0.3) is 6.69 Å². The molecule has 0 saturated heterocycles. The van der Waals surface area contributed by atoms with Crippen molar-refractivity contribution in [1.82, 2.24) is 0 Å². The van der Waals surface area contributed by atoms with E-state index in [4.69, 9.17) is 22.2 Å². The van der Waals surface area contributed by atoms with Gasteiger partial charge in [0.2, 0.25) is 0 Å². The Morgan fingerprint density at radius 2 is 1.12 bits per heavy atom. The number of aryl methyl sites for hydroxylation is 1. The molecule has 0 saturated carbocycles. The molecule has 0 amide bonds. The lowest BCUT2D eigenvalue weighted by molar-refractivity contribution is 0.547. The number of unbranched alkanes of at least 4 members (excludes halogenated alkanes) is 11. The molecule has 0 heterocycles. The molecule has 0 aliphatic rings. The van der Waals surface area contributed by atoms with Crippen LogP contribution in [0, 0.1) is 0 Å². The smallest absolute Gasteiger partial charge is 0.146 e. The first-order valence-electron chi connectivity index (χ1n) is 10.6. The first-order chi connectivity index (χ1) is 12.1.